The standard InChI is InChI=1S/C10H14O2/c1-8-4-3-5-10(6-8)7-12-9(2)11/h3,5-6,8H,4,7H2,1-2H3. The van der Waals surface area contributed by atoms with Gasteiger partial charge in [0.1, 0.15) is 6.61 Å². The third kappa shape index (κ3) is 2.91. The van der Waals surface area contributed by atoms with E-state index in [0.29, 0.717) is 12.5 Å². The van der Waals surface area contributed by atoms with Crippen LogP contribution in [0, 0.1) is 5.92 Å². The summed E-state index contributed by atoms with van der Waals surface area (Å²) < 4.78 is 4.87. The van der Waals surface area contributed by atoms with Crippen molar-refractivity contribution in [1.29, 1.82) is 0 Å². The van der Waals surface area contributed by atoms with Crippen molar-refractivity contribution >= 4 is 5.97 Å². The maximum Gasteiger partial charge on any atom is 0.302 e. The van der Waals surface area contributed by atoms with Gasteiger partial charge < -0.3 is 4.74 Å². The van der Waals surface area contributed by atoms with E-state index in [0.717, 1.165) is 12.0 Å². The van der Waals surface area contributed by atoms with Crippen molar-refractivity contribution in [3.8, 4) is 0 Å². The fourth-order valence-corrected chi connectivity index (χ4v) is 1.20. The molecule has 0 N–H and O–H groups in total. The summed E-state index contributed by atoms with van der Waals surface area (Å²) in [6.45, 7) is 3.99. The van der Waals surface area contributed by atoms with Gasteiger partial charge in [0.15, 0.2) is 0 Å². The highest BCUT2D eigenvalue weighted by atomic mass is 16.5. The Bertz CT molecular complexity index is 226. The molecule has 1 aliphatic rings. The first kappa shape index (κ1) is 9.04. The second-order valence-electron chi connectivity index (χ2n) is 3.14. The van der Waals surface area contributed by atoms with Crippen LogP contribution in [0.2, 0.25) is 0 Å². The Morgan fingerprint density at radius 2 is 2.50 bits per heavy atom. The average Bonchev–Trinajstić information content (AvgIpc) is 2.01. The molecule has 0 aromatic heterocycles. The summed E-state index contributed by atoms with van der Waals surface area (Å²) in [5.74, 6) is 0.350. The first-order valence-corrected chi connectivity index (χ1v) is 4.19. The number of esters is 1. The lowest BCUT2D eigenvalue weighted by Gasteiger charge is -2.11. The molecule has 1 unspecified atom stereocenters. The van der Waals surface area contributed by atoms with Gasteiger partial charge in [-0.25, -0.2) is 0 Å². The van der Waals surface area contributed by atoms with Crippen molar-refractivity contribution in [3.05, 3.63) is 23.8 Å². The lowest BCUT2D eigenvalue weighted by molar-refractivity contribution is -0.139. The van der Waals surface area contributed by atoms with Crippen molar-refractivity contribution < 1.29 is 9.53 Å². The zero-order valence-electron chi connectivity index (χ0n) is 7.54. The fraction of sp³-hybridized carbons (Fsp3) is 0.500. The second-order valence-corrected chi connectivity index (χ2v) is 3.14. The lowest BCUT2D eigenvalue weighted by atomic mass is 9.98. The average molecular weight is 166 g/mol. The molecule has 2 heteroatoms. The summed E-state index contributed by atoms with van der Waals surface area (Å²) in [5.41, 5.74) is 1.10. The molecule has 66 valence electrons. The van der Waals surface area contributed by atoms with Crippen molar-refractivity contribution in [2.24, 2.45) is 5.92 Å². The molecule has 1 aliphatic carbocycles. The van der Waals surface area contributed by atoms with Gasteiger partial charge in [0, 0.05) is 6.92 Å². The van der Waals surface area contributed by atoms with Crippen molar-refractivity contribution in [1.82, 2.24) is 0 Å². The normalized spacial score (nSPS) is 21.8. The van der Waals surface area contributed by atoms with Crippen LogP contribution in [0.5, 0.6) is 0 Å². The SMILES string of the molecule is CC(=O)OCC1=CC(C)CC=C1. The summed E-state index contributed by atoms with van der Waals surface area (Å²) in [4.78, 5) is 10.5. The van der Waals surface area contributed by atoms with Gasteiger partial charge in [-0.1, -0.05) is 25.2 Å². The first-order chi connectivity index (χ1) is 5.68. The molecule has 0 radical (unpaired) electrons. The van der Waals surface area contributed by atoms with Crippen molar-refractivity contribution in [3.63, 3.8) is 0 Å². The quantitative estimate of drug-likeness (QED) is 0.587. The molecule has 0 spiro atoms. The van der Waals surface area contributed by atoms with Crippen LogP contribution in [0.4, 0.5) is 0 Å². The maximum atomic E-state index is 10.5. The monoisotopic (exact) mass is 166 g/mol. The highest BCUT2D eigenvalue weighted by Gasteiger charge is 2.04. The van der Waals surface area contributed by atoms with Gasteiger partial charge >= 0.3 is 5.97 Å². The number of rotatable bonds is 2. The Morgan fingerprint density at radius 1 is 1.75 bits per heavy atom. The van der Waals surface area contributed by atoms with Crippen LogP contribution in [0.3, 0.4) is 0 Å². The summed E-state index contributed by atoms with van der Waals surface area (Å²) in [7, 11) is 0. The van der Waals surface area contributed by atoms with E-state index in [2.05, 4.69) is 19.1 Å². The van der Waals surface area contributed by atoms with Gasteiger partial charge in [-0.3, -0.25) is 4.79 Å². The van der Waals surface area contributed by atoms with Gasteiger partial charge in [0.25, 0.3) is 0 Å². The topological polar surface area (TPSA) is 26.3 Å². The van der Waals surface area contributed by atoms with E-state index in [1.54, 1.807) is 0 Å². The molecule has 0 aliphatic heterocycles. The number of hydrogen-bond acceptors (Lipinski definition) is 2. The second kappa shape index (κ2) is 4.10. The number of allylic oxidation sites excluding steroid dienone is 2. The zero-order valence-corrected chi connectivity index (χ0v) is 7.54. The molecule has 12 heavy (non-hydrogen) atoms. The molecule has 0 saturated carbocycles. The number of ether oxygens (including phenoxy) is 1. The van der Waals surface area contributed by atoms with Crippen LogP contribution in [0.15, 0.2) is 23.8 Å². The molecular formula is C10H14O2. The molecule has 0 aromatic rings. The minimum absolute atomic E-state index is 0.220. The summed E-state index contributed by atoms with van der Waals surface area (Å²) >= 11 is 0. The van der Waals surface area contributed by atoms with E-state index < -0.39 is 0 Å². The van der Waals surface area contributed by atoms with Crippen LogP contribution in [-0.2, 0) is 9.53 Å². The zero-order chi connectivity index (χ0) is 8.97. The van der Waals surface area contributed by atoms with Crippen LogP contribution >= 0.6 is 0 Å². The molecule has 1 rings (SSSR count). The van der Waals surface area contributed by atoms with E-state index in [1.807, 2.05) is 6.08 Å². The fourth-order valence-electron chi connectivity index (χ4n) is 1.20. The molecule has 0 aromatic carbocycles. The van der Waals surface area contributed by atoms with Crippen molar-refractivity contribution in [2.75, 3.05) is 6.61 Å². The Labute approximate surface area is 72.9 Å². The van der Waals surface area contributed by atoms with Crippen LogP contribution in [0.25, 0.3) is 0 Å². The predicted octanol–water partition coefficient (Wildman–Crippen LogP) is 2.07. The molecule has 0 fully saturated rings. The third-order valence-electron chi connectivity index (χ3n) is 1.78. The van der Waals surface area contributed by atoms with Gasteiger partial charge in [-0.05, 0) is 17.9 Å². The largest absolute Gasteiger partial charge is 0.461 e. The van der Waals surface area contributed by atoms with Gasteiger partial charge in [-0.15, -0.1) is 0 Å². The van der Waals surface area contributed by atoms with Crippen LogP contribution < -0.4 is 0 Å². The van der Waals surface area contributed by atoms with E-state index in [4.69, 9.17) is 4.74 Å². The van der Waals surface area contributed by atoms with Gasteiger partial charge in [0.2, 0.25) is 0 Å². The maximum absolute atomic E-state index is 10.5. The molecule has 0 amide bonds. The smallest absolute Gasteiger partial charge is 0.302 e. The molecule has 0 saturated heterocycles. The van der Waals surface area contributed by atoms with E-state index in [9.17, 15) is 4.79 Å². The molecular weight excluding hydrogens is 152 g/mol. The van der Waals surface area contributed by atoms with Gasteiger partial charge in [-0.2, -0.15) is 0 Å². The van der Waals surface area contributed by atoms with E-state index in [-0.39, 0.29) is 5.97 Å². The molecule has 1 atom stereocenters. The predicted molar refractivity (Wildman–Crippen MR) is 47.6 cm³/mol. The van der Waals surface area contributed by atoms with Crippen molar-refractivity contribution in [2.45, 2.75) is 20.3 Å². The van der Waals surface area contributed by atoms with Crippen LogP contribution in [0.1, 0.15) is 20.3 Å². The molecule has 2 nitrogen and oxygen atoms in total. The Balaban J connectivity index is 2.41. The molecule has 0 heterocycles. The number of carbonyl (C=O) groups is 1. The van der Waals surface area contributed by atoms with E-state index in [1.165, 1.54) is 6.92 Å². The van der Waals surface area contributed by atoms with E-state index >= 15 is 0 Å². The first-order valence-electron chi connectivity index (χ1n) is 4.19. The highest BCUT2D eigenvalue weighted by Crippen LogP contribution is 2.15. The summed E-state index contributed by atoms with van der Waals surface area (Å²) in [5, 5.41) is 0. The van der Waals surface area contributed by atoms with Crippen LogP contribution in [-0.4, -0.2) is 12.6 Å². The lowest BCUT2D eigenvalue weighted by Crippen LogP contribution is -2.05. The Hall–Kier alpha value is -1.05. The molecule has 0 bridgehead atoms. The van der Waals surface area contributed by atoms with Gasteiger partial charge in [0.05, 0.1) is 0 Å². The number of hydrogen-bond donors (Lipinski definition) is 0. The summed E-state index contributed by atoms with van der Waals surface area (Å²) in [6.07, 6.45) is 7.36. The minimum Gasteiger partial charge on any atom is -0.461 e. The third-order valence-corrected chi connectivity index (χ3v) is 1.78. The minimum atomic E-state index is -0.220. The Morgan fingerprint density at radius 3 is 3.08 bits per heavy atom. The summed E-state index contributed by atoms with van der Waals surface area (Å²) in [6, 6.07) is 0. The number of carbonyl (C=O) groups excluding carboxylic acids is 1. The highest BCUT2D eigenvalue weighted by molar-refractivity contribution is 5.66. The Kier molecular flexibility index (Phi) is 3.09.